The molecule has 0 saturated carbocycles. The molecule has 0 spiro atoms. The van der Waals surface area contributed by atoms with Crippen LogP contribution in [-0.2, 0) is 4.79 Å². The maximum Gasteiger partial charge on any atom is 0.221 e. The van der Waals surface area contributed by atoms with Gasteiger partial charge in [0.25, 0.3) is 0 Å². The van der Waals surface area contributed by atoms with E-state index in [0.29, 0.717) is 6.17 Å². The molecule has 3 unspecified atom stereocenters. The number of rotatable bonds is 23. The van der Waals surface area contributed by atoms with Gasteiger partial charge in [-0.15, -0.1) is 6.58 Å². The predicted molar refractivity (Wildman–Crippen MR) is 148 cm³/mol. The first-order valence-electron chi connectivity index (χ1n) is 14.8. The van der Waals surface area contributed by atoms with Gasteiger partial charge in [0.2, 0.25) is 5.91 Å². The van der Waals surface area contributed by atoms with E-state index >= 15 is 0 Å². The standard InChI is InChI=1S/C30H57N3O/c1-5-7-8-9-10-11-12-13-14-15-16-17-18-19-20-21-22-23-24-25-30-31-26-27-33(30,6-2)28(3)32-29(4)34/h5,26-28,30-31H,1,6-25H2,2-4H3/p+1. The Bertz CT molecular complexity index is 547. The van der Waals surface area contributed by atoms with Crippen LogP contribution in [0.15, 0.2) is 25.1 Å². The molecule has 2 N–H and O–H groups in total. The van der Waals surface area contributed by atoms with Crippen molar-refractivity contribution in [2.75, 3.05) is 6.54 Å². The summed E-state index contributed by atoms with van der Waals surface area (Å²) in [7, 11) is 0. The summed E-state index contributed by atoms with van der Waals surface area (Å²) in [5, 5.41) is 6.66. The molecule has 1 amide bonds. The lowest BCUT2D eigenvalue weighted by Crippen LogP contribution is -2.62. The number of carbonyl (C=O) groups excluding carboxylic acids is 1. The average Bonchev–Trinajstić information content (AvgIpc) is 3.24. The summed E-state index contributed by atoms with van der Waals surface area (Å²) in [6.07, 6.45) is 33.0. The molecule has 1 heterocycles. The largest absolute Gasteiger partial charge is 0.338 e. The molecule has 4 nitrogen and oxygen atoms in total. The minimum atomic E-state index is 0.0542. The number of quaternary nitrogens is 1. The Morgan fingerprint density at radius 2 is 1.32 bits per heavy atom. The third-order valence-corrected chi connectivity index (χ3v) is 7.79. The average molecular weight is 477 g/mol. The van der Waals surface area contributed by atoms with Crippen LogP contribution >= 0.6 is 0 Å². The Morgan fingerprint density at radius 1 is 0.882 bits per heavy atom. The molecule has 1 aliphatic rings. The number of nitrogens with one attached hydrogen (secondary N) is 2. The SMILES string of the molecule is C=CCCCCCCCCCCCCCCCCCCCC1NC=C[N+]1(CC)C(C)NC(C)=O. The second-order valence-corrected chi connectivity index (χ2v) is 10.6. The Kier molecular flexibility index (Phi) is 18.0. The maximum absolute atomic E-state index is 11.5. The monoisotopic (exact) mass is 476 g/mol. The molecule has 1 rings (SSSR count). The Balaban J connectivity index is 1.91. The van der Waals surface area contributed by atoms with Gasteiger partial charge in [0.1, 0.15) is 6.20 Å². The van der Waals surface area contributed by atoms with Gasteiger partial charge in [-0.3, -0.25) is 9.28 Å². The van der Waals surface area contributed by atoms with E-state index in [4.69, 9.17) is 0 Å². The number of amides is 1. The van der Waals surface area contributed by atoms with Crippen LogP contribution in [0.2, 0.25) is 0 Å². The quantitative estimate of drug-likeness (QED) is 0.0884. The lowest BCUT2D eigenvalue weighted by Gasteiger charge is -2.41. The van der Waals surface area contributed by atoms with Crippen molar-refractivity contribution in [3.05, 3.63) is 25.1 Å². The van der Waals surface area contributed by atoms with Crippen molar-refractivity contribution in [2.45, 2.75) is 155 Å². The van der Waals surface area contributed by atoms with E-state index in [1.807, 2.05) is 6.08 Å². The van der Waals surface area contributed by atoms with Crippen LogP contribution in [0.5, 0.6) is 0 Å². The van der Waals surface area contributed by atoms with Gasteiger partial charge in [-0.05, 0) is 26.2 Å². The van der Waals surface area contributed by atoms with Gasteiger partial charge in [0.15, 0.2) is 12.3 Å². The smallest absolute Gasteiger partial charge is 0.221 e. The maximum atomic E-state index is 11.5. The van der Waals surface area contributed by atoms with E-state index in [2.05, 4.69) is 43.5 Å². The third-order valence-electron chi connectivity index (χ3n) is 7.79. The van der Waals surface area contributed by atoms with Crippen LogP contribution in [-0.4, -0.2) is 29.3 Å². The zero-order valence-corrected chi connectivity index (χ0v) is 23.1. The molecule has 0 saturated heterocycles. The van der Waals surface area contributed by atoms with Crippen molar-refractivity contribution in [3.63, 3.8) is 0 Å². The Hall–Kier alpha value is -1.29. The molecule has 4 heteroatoms. The van der Waals surface area contributed by atoms with E-state index in [-0.39, 0.29) is 12.1 Å². The van der Waals surface area contributed by atoms with Crippen molar-refractivity contribution < 1.29 is 9.28 Å². The van der Waals surface area contributed by atoms with Gasteiger partial charge in [0.05, 0.1) is 12.7 Å². The number of carbonyl (C=O) groups is 1. The molecule has 0 bridgehead atoms. The van der Waals surface area contributed by atoms with Gasteiger partial charge in [-0.25, -0.2) is 0 Å². The number of allylic oxidation sites excluding steroid dienone is 1. The van der Waals surface area contributed by atoms with Crippen LogP contribution in [0.4, 0.5) is 0 Å². The van der Waals surface area contributed by atoms with Gasteiger partial charge in [-0.2, -0.15) is 0 Å². The molecule has 0 aromatic rings. The van der Waals surface area contributed by atoms with E-state index < -0.39 is 0 Å². The summed E-state index contributed by atoms with van der Waals surface area (Å²) >= 11 is 0. The van der Waals surface area contributed by atoms with Gasteiger partial charge in [-0.1, -0.05) is 102 Å². The first kappa shape index (κ1) is 30.7. The topological polar surface area (TPSA) is 41.1 Å². The summed E-state index contributed by atoms with van der Waals surface area (Å²) in [6.45, 7) is 10.7. The van der Waals surface area contributed by atoms with Gasteiger partial charge in [0, 0.05) is 20.3 Å². The van der Waals surface area contributed by atoms with Crippen LogP contribution in [0.3, 0.4) is 0 Å². The lowest BCUT2D eigenvalue weighted by atomic mass is 10.0. The molecule has 0 aliphatic carbocycles. The molecule has 198 valence electrons. The van der Waals surface area contributed by atoms with Crippen LogP contribution in [0.1, 0.15) is 143 Å². The number of nitrogens with zero attached hydrogens (tertiary/aromatic N) is 1. The van der Waals surface area contributed by atoms with Gasteiger partial charge >= 0.3 is 0 Å². The van der Waals surface area contributed by atoms with Crippen LogP contribution in [0.25, 0.3) is 0 Å². The van der Waals surface area contributed by atoms with Crippen molar-refractivity contribution in [2.24, 2.45) is 0 Å². The summed E-state index contributed by atoms with van der Waals surface area (Å²) < 4.78 is 0.815. The lowest BCUT2D eigenvalue weighted by molar-refractivity contribution is -0.923. The fourth-order valence-corrected chi connectivity index (χ4v) is 5.55. The fraction of sp³-hybridized carbons (Fsp3) is 0.833. The van der Waals surface area contributed by atoms with Crippen molar-refractivity contribution >= 4 is 5.91 Å². The zero-order valence-electron chi connectivity index (χ0n) is 23.1. The highest BCUT2D eigenvalue weighted by molar-refractivity contribution is 5.72. The predicted octanol–water partition coefficient (Wildman–Crippen LogP) is 8.30. The summed E-state index contributed by atoms with van der Waals surface area (Å²) in [6, 6.07) is 0. The highest BCUT2D eigenvalue weighted by Gasteiger charge is 2.41. The van der Waals surface area contributed by atoms with Crippen molar-refractivity contribution in [1.82, 2.24) is 10.6 Å². The minimum Gasteiger partial charge on any atom is -0.338 e. The minimum absolute atomic E-state index is 0.0542. The normalized spacial score (nSPS) is 20.3. The highest BCUT2D eigenvalue weighted by Crippen LogP contribution is 2.26. The summed E-state index contributed by atoms with van der Waals surface area (Å²) in [5.41, 5.74) is 0. The number of hydrogen-bond acceptors (Lipinski definition) is 2. The number of hydrogen-bond donors (Lipinski definition) is 2. The molecule has 3 atom stereocenters. The highest BCUT2D eigenvalue weighted by atomic mass is 16.1. The van der Waals surface area contributed by atoms with E-state index in [9.17, 15) is 4.79 Å². The first-order valence-corrected chi connectivity index (χ1v) is 14.8. The first-order chi connectivity index (χ1) is 16.6. The third kappa shape index (κ3) is 13.0. The molecule has 34 heavy (non-hydrogen) atoms. The van der Waals surface area contributed by atoms with E-state index in [1.54, 1.807) is 6.92 Å². The molecule has 0 radical (unpaired) electrons. The molecule has 1 aliphatic heterocycles. The second kappa shape index (κ2) is 20.0. The fourth-order valence-electron chi connectivity index (χ4n) is 5.55. The second-order valence-electron chi connectivity index (χ2n) is 10.6. The van der Waals surface area contributed by atoms with Gasteiger partial charge < -0.3 is 10.6 Å². The van der Waals surface area contributed by atoms with E-state index in [1.165, 1.54) is 122 Å². The zero-order chi connectivity index (χ0) is 24.9. The molecular weight excluding hydrogens is 418 g/mol. The Labute approximate surface area is 212 Å². The van der Waals surface area contributed by atoms with Crippen molar-refractivity contribution in [1.29, 1.82) is 0 Å². The summed E-state index contributed by atoms with van der Waals surface area (Å²) in [4.78, 5) is 11.5. The van der Waals surface area contributed by atoms with E-state index in [0.717, 1.165) is 11.0 Å². The molecule has 0 aromatic heterocycles. The number of unbranched alkanes of at least 4 members (excludes halogenated alkanes) is 17. The summed E-state index contributed by atoms with van der Waals surface area (Å²) in [5.74, 6) is 0.0542. The molecule has 0 aromatic carbocycles. The molecular formula is C30H58N3O+. The van der Waals surface area contributed by atoms with Crippen LogP contribution in [0, 0.1) is 0 Å². The van der Waals surface area contributed by atoms with Crippen LogP contribution < -0.4 is 10.6 Å². The Morgan fingerprint density at radius 3 is 1.74 bits per heavy atom. The molecule has 0 fully saturated rings. The van der Waals surface area contributed by atoms with Crippen molar-refractivity contribution in [3.8, 4) is 0 Å².